The number of hydrogen-bond donors (Lipinski definition) is 2. The molecular weight excluding hydrogens is 373 g/mol. The van der Waals surface area contributed by atoms with Crippen LogP contribution in [0.2, 0.25) is 0 Å². The third-order valence-corrected chi connectivity index (χ3v) is 3.70. The number of aromatic nitrogens is 2. The molecule has 1 heterocycles. The molecule has 0 aliphatic rings. The van der Waals surface area contributed by atoms with Gasteiger partial charge in [0, 0.05) is 12.3 Å². The minimum Gasteiger partial charge on any atom is -0.479 e. The van der Waals surface area contributed by atoms with Gasteiger partial charge in [-0.1, -0.05) is 0 Å². The fourth-order valence-electron chi connectivity index (χ4n) is 2.04. The number of rotatable bonds is 5. The average molecular weight is 386 g/mol. The Hall–Kier alpha value is -3.44. The van der Waals surface area contributed by atoms with Gasteiger partial charge >= 0.3 is 12.1 Å². The summed E-state index contributed by atoms with van der Waals surface area (Å²) < 4.78 is 39.2. The van der Waals surface area contributed by atoms with Gasteiger partial charge in [0.05, 0.1) is 22.4 Å². The lowest BCUT2D eigenvalue weighted by atomic mass is 10.1. The zero-order valence-corrected chi connectivity index (χ0v) is 13.9. The maximum absolute atomic E-state index is 12.7. The fraction of sp³-hybridized carbons (Fsp3) is 0.267. The summed E-state index contributed by atoms with van der Waals surface area (Å²) in [7, 11) is 0. The van der Waals surface area contributed by atoms with Crippen LogP contribution in [0.1, 0.15) is 29.8 Å². The van der Waals surface area contributed by atoms with E-state index in [-0.39, 0.29) is 11.8 Å². The van der Waals surface area contributed by atoms with Gasteiger partial charge in [0.25, 0.3) is 11.6 Å². The van der Waals surface area contributed by atoms with E-state index in [1.165, 1.54) is 20.0 Å². The predicted octanol–water partition coefficient (Wildman–Crippen LogP) is 2.88. The molecule has 0 saturated carbocycles. The molecule has 9 nitrogen and oxygen atoms in total. The van der Waals surface area contributed by atoms with E-state index in [0.29, 0.717) is 12.1 Å². The van der Waals surface area contributed by atoms with Crippen molar-refractivity contribution in [1.82, 2.24) is 9.78 Å². The second kappa shape index (κ2) is 6.70. The van der Waals surface area contributed by atoms with Crippen LogP contribution in [0.4, 0.5) is 24.5 Å². The largest absolute Gasteiger partial charge is 0.479 e. The molecule has 0 fully saturated rings. The van der Waals surface area contributed by atoms with Gasteiger partial charge in [-0.15, -0.1) is 0 Å². The van der Waals surface area contributed by atoms with Crippen molar-refractivity contribution in [3.8, 4) is 0 Å². The van der Waals surface area contributed by atoms with Crippen LogP contribution in [-0.2, 0) is 16.5 Å². The normalized spacial score (nSPS) is 11.9. The molecule has 0 atom stereocenters. The number of nitro benzene ring substituents is 1. The van der Waals surface area contributed by atoms with Crippen LogP contribution in [0.5, 0.6) is 0 Å². The first-order valence-corrected chi connectivity index (χ1v) is 7.29. The highest BCUT2D eigenvalue weighted by Crippen LogP contribution is 2.33. The molecule has 2 aromatic rings. The first kappa shape index (κ1) is 19.9. The molecule has 1 aromatic carbocycles. The molecule has 0 bridgehead atoms. The number of carbonyl (C=O) groups is 2. The smallest absolute Gasteiger partial charge is 0.416 e. The van der Waals surface area contributed by atoms with Crippen molar-refractivity contribution in [2.45, 2.75) is 25.6 Å². The number of carboxylic acids is 1. The Morgan fingerprint density at radius 1 is 1.30 bits per heavy atom. The Balaban J connectivity index is 2.33. The van der Waals surface area contributed by atoms with Crippen molar-refractivity contribution in [2.75, 3.05) is 5.32 Å². The third kappa shape index (κ3) is 4.04. The Bertz CT molecular complexity index is 920. The second-order valence-corrected chi connectivity index (χ2v) is 5.98. The van der Waals surface area contributed by atoms with Gasteiger partial charge in [-0.3, -0.25) is 19.6 Å². The maximum Gasteiger partial charge on any atom is 0.416 e. The molecule has 1 amide bonds. The molecule has 0 aliphatic carbocycles. The van der Waals surface area contributed by atoms with Crippen molar-refractivity contribution in [3.63, 3.8) is 0 Å². The number of hydrogen-bond acceptors (Lipinski definition) is 5. The topological polar surface area (TPSA) is 127 Å². The number of amides is 1. The van der Waals surface area contributed by atoms with Gasteiger partial charge in [0.15, 0.2) is 5.54 Å². The standard InChI is InChI=1S/C15H13F3N4O5/c1-14(2,13(24)25)21-7-9(6-19-21)20-12(23)10-4-3-8(15(16,17)18)5-11(10)22(26)27/h3-7H,1-2H3,(H,20,23)(H,24,25). The summed E-state index contributed by atoms with van der Waals surface area (Å²) in [5.74, 6) is -2.23. The molecule has 0 aliphatic heterocycles. The van der Waals surface area contributed by atoms with E-state index in [1.54, 1.807) is 0 Å². The fourth-order valence-corrected chi connectivity index (χ4v) is 2.04. The molecule has 2 rings (SSSR count). The lowest BCUT2D eigenvalue weighted by molar-refractivity contribution is -0.385. The Morgan fingerprint density at radius 2 is 1.93 bits per heavy atom. The van der Waals surface area contributed by atoms with Crippen LogP contribution in [0, 0.1) is 10.1 Å². The van der Waals surface area contributed by atoms with Gasteiger partial charge in [-0.05, 0) is 26.0 Å². The number of nitrogens with one attached hydrogen (secondary N) is 1. The number of alkyl halides is 3. The van der Waals surface area contributed by atoms with Crippen molar-refractivity contribution in [3.05, 3.63) is 51.8 Å². The predicted molar refractivity (Wildman–Crippen MR) is 85.2 cm³/mol. The highest BCUT2D eigenvalue weighted by molar-refractivity contribution is 6.07. The monoisotopic (exact) mass is 386 g/mol. The van der Waals surface area contributed by atoms with Crippen LogP contribution >= 0.6 is 0 Å². The quantitative estimate of drug-likeness (QED) is 0.601. The summed E-state index contributed by atoms with van der Waals surface area (Å²) in [6.07, 6.45) is -2.51. The second-order valence-electron chi connectivity index (χ2n) is 5.98. The summed E-state index contributed by atoms with van der Waals surface area (Å²) in [4.78, 5) is 33.4. The van der Waals surface area contributed by atoms with Crippen molar-refractivity contribution >= 4 is 23.3 Å². The lowest BCUT2D eigenvalue weighted by Gasteiger charge is -2.19. The van der Waals surface area contributed by atoms with Crippen molar-refractivity contribution in [2.24, 2.45) is 0 Å². The summed E-state index contributed by atoms with van der Waals surface area (Å²) >= 11 is 0. The van der Waals surface area contributed by atoms with Gasteiger partial charge in [0.1, 0.15) is 5.56 Å². The van der Waals surface area contributed by atoms with Crippen LogP contribution in [0.25, 0.3) is 0 Å². The maximum atomic E-state index is 12.7. The van der Waals surface area contributed by atoms with E-state index in [2.05, 4.69) is 10.4 Å². The first-order chi connectivity index (χ1) is 12.3. The Morgan fingerprint density at radius 3 is 2.44 bits per heavy atom. The molecule has 12 heteroatoms. The van der Waals surface area contributed by atoms with Crippen LogP contribution in [0.15, 0.2) is 30.6 Å². The number of aliphatic carboxylic acids is 1. The lowest BCUT2D eigenvalue weighted by Crippen LogP contribution is -2.35. The molecule has 2 N–H and O–H groups in total. The van der Waals surface area contributed by atoms with Crippen LogP contribution in [-0.4, -0.2) is 31.7 Å². The minimum atomic E-state index is -4.80. The highest BCUT2D eigenvalue weighted by Gasteiger charge is 2.34. The molecule has 0 unspecified atom stereocenters. The van der Waals surface area contributed by atoms with E-state index >= 15 is 0 Å². The summed E-state index contributed by atoms with van der Waals surface area (Å²) in [6.45, 7) is 2.71. The number of anilines is 1. The van der Waals surface area contributed by atoms with E-state index < -0.39 is 45.3 Å². The van der Waals surface area contributed by atoms with Gasteiger partial charge in [-0.2, -0.15) is 18.3 Å². The molecule has 27 heavy (non-hydrogen) atoms. The molecule has 1 aromatic heterocycles. The van der Waals surface area contributed by atoms with E-state index in [1.807, 2.05) is 0 Å². The summed E-state index contributed by atoms with van der Waals surface area (Å²) in [5.41, 5.74) is -4.27. The molecule has 144 valence electrons. The average Bonchev–Trinajstić information content (AvgIpc) is 3.02. The zero-order chi connectivity index (χ0) is 20.6. The highest BCUT2D eigenvalue weighted by atomic mass is 19.4. The van der Waals surface area contributed by atoms with Gasteiger partial charge < -0.3 is 10.4 Å². The Kier molecular flexibility index (Phi) is 4.93. The first-order valence-electron chi connectivity index (χ1n) is 7.29. The minimum absolute atomic E-state index is 0.0171. The van der Waals surface area contributed by atoms with Crippen LogP contribution < -0.4 is 5.32 Å². The summed E-state index contributed by atoms with van der Waals surface area (Å²) in [6, 6.07) is 1.52. The SMILES string of the molecule is CC(C)(C(=O)O)n1cc(NC(=O)c2ccc(C(F)(F)F)cc2[N+](=O)[O-])cn1. The molecule has 0 saturated heterocycles. The van der Waals surface area contributed by atoms with E-state index in [0.717, 1.165) is 10.9 Å². The molecule has 0 radical (unpaired) electrons. The molecule has 0 spiro atoms. The van der Waals surface area contributed by atoms with Gasteiger partial charge in [-0.25, -0.2) is 4.79 Å². The Labute approximate surface area is 149 Å². The van der Waals surface area contributed by atoms with Crippen molar-refractivity contribution in [1.29, 1.82) is 0 Å². The zero-order valence-electron chi connectivity index (χ0n) is 13.9. The number of carbonyl (C=O) groups excluding carboxylic acids is 1. The number of nitrogens with zero attached hydrogens (tertiary/aromatic N) is 3. The number of nitro groups is 1. The number of carboxylic acid groups (broad SMARTS) is 1. The van der Waals surface area contributed by atoms with Gasteiger partial charge in [0.2, 0.25) is 0 Å². The van der Waals surface area contributed by atoms with Crippen LogP contribution in [0.3, 0.4) is 0 Å². The summed E-state index contributed by atoms with van der Waals surface area (Å²) in [5, 5.41) is 26.2. The molecular formula is C15H13F3N4O5. The van der Waals surface area contributed by atoms with E-state index in [9.17, 15) is 32.9 Å². The number of benzene rings is 1. The van der Waals surface area contributed by atoms with Crippen molar-refractivity contribution < 1.29 is 32.8 Å². The third-order valence-electron chi connectivity index (χ3n) is 3.70. The van der Waals surface area contributed by atoms with E-state index in [4.69, 9.17) is 5.11 Å². The number of halogens is 3.